The number of unbranched alkanes of at least 4 members (excludes halogenated alkanes) is 3. The monoisotopic (exact) mass is 274 g/mol. The molecule has 3 heteroatoms. The fourth-order valence-electron chi connectivity index (χ4n) is 2.16. The summed E-state index contributed by atoms with van der Waals surface area (Å²) in [6.45, 7) is 5.35. The molecular formula is C17H26N2O. The lowest BCUT2D eigenvalue weighted by molar-refractivity contribution is 0.361. The van der Waals surface area contributed by atoms with E-state index in [1.165, 1.54) is 32.1 Å². The summed E-state index contributed by atoms with van der Waals surface area (Å²) in [5.74, 6) is 0.805. The van der Waals surface area contributed by atoms with Crippen LogP contribution in [0.3, 0.4) is 0 Å². The van der Waals surface area contributed by atoms with Crippen molar-refractivity contribution in [1.29, 1.82) is 5.26 Å². The average molecular weight is 274 g/mol. The van der Waals surface area contributed by atoms with Gasteiger partial charge in [-0.05, 0) is 19.4 Å². The van der Waals surface area contributed by atoms with Crippen molar-refractivity contribution in [2.24, 2.45) is 0 Å². The molecule has 1 aromatic carbocycles. The van der Waals surface area contributed by atoms with Crippen LogP contribution >= 0.6 is 0 Å². The summed E-state index contributed by atoms with van der Waals surface area (Å²) in [6, 6.07) is 10.4. The van der Waals surface area contributed by atoms with Crippen LogP contribution < -0.4 is 10.1 Å². The standard InChI is InChI=1S/C17H26N2O/c1-3-4-5-6-9-15(2)19-14-16-10-7-8-11-17(16)20-13-12-18/h7-8,10-11,15,19H,3-6,9,13-14H2,1-2H3. The second-order valence-corrected chi connectivity index (χ2v) is 5.19. The number of rotatable bonds is 10. The zero-order chi connectivity index (χ0) is 14.6. The summed E-state index contributed by atoms with van der Waals surface area (Å²) < 4.78 is 5.43. The van der Waals surface area contributed by atoms with E-state index in [0.29, 0.717) is 6.04 Å². The summed E-state index contributed by atoms with van der Waals surface area (Å²) in [6.07, 6.45) is 6.43. The minimum Gasteiger partial charge on any atom is -0.478 e. The molecule has 0 saturated heterocycles. The molecule has 110 valence electrons. The van der Waals surface area contributed by atoms with Crippen LogP contribution in [0.2, 0.25) is 0 Å². The highest BCUT2D eigenvalue weighted by Crippen LogP contribution is 2.18. The first-order valence-electron chi connectivity index (χ1n) is 7.59. The van der Waals surface area contributed by atoms with Crippen LogP contribution in [-0.2, 0) is 6.54 Å². The Kier molecular flexibility index (Phi) is 8.49. The highest BCUT2D eigenvalue weighted by molar-refractivity contribution is 5.33. The number of nitriles is 1. The maximum atomic E-state index is 8.59. The number of ether oxygens (including phenoxy) is 1. The predicted octanol–water partition coefficient (Wildman–Crippen LogP) is 4.04. The van der Waals surface area contributed by atoms with Crippen molar-refractivity contribution >= 4 is 0 Å². The summed E-state index contributed by atoms with van der Waals surface area (Å²) in [4.78, 5) is 0. The molecule has 0 bridgehead atoms. The first-order valence-corrected chi connectivity index (χ1v) is 7.59. The smallest absolute Gasteiger partial charge is 0.174 e. The van der Waals surface area contributed by atoms with Crippen LogP contribution in [-0.4, -0.2) is 12.6 Å². The maximum absolute atomic E-state index is 8.59. The molecule has 0 aliphatic heterocycles. The predicted molar refractivity (Wildman–Crippen MR) is 82.6 cm³/mol. The van der Waals surface area contributed by atoms with E-state index in [1.54, 1.807) is 0 Å². The van der Waals surface area contributed by atoms with Gasteiger partial charge < -0.3 is 10.1 Å². The molecule has 0 fully saturated rings. The number of para-hydroxylation sites is 1. The van der Waals surface area contributed by atoms with E-state index in [2.05, 4.69) is 19.2 Å². The van der Waals surface area contributed by atoms with Crippen LogP contribution in [0.4, 0.5) is 0 Å². The molecule has 0 aliphatic rings. The second kappa shape index (κ2) is 10.3. The largest absolute Gasteiger partial charge is 0.478 e. The molecule has 3 nitrogen and oxygen atoms in total. The molecule has 1 N–H and O–H groups in total. The fourth-order valence-corrected chi connectivity index (χ4v) is 2.16. The van der Waals surface area contributed by atoms with Gasteiger partial charge in [-0.1, -0.05) is 50.8 Å². The first-order chi connectivity index (χ1) is 9.77. The molecule has 0 spiro atoms. The fraction of sp³-hybridized carbons (Fsp3) is 0.588. The minimum absolute atomic E-state index is 0.101. The number of nitrogens with zero attached hydrogens (tertiary/aromatic N) is 1. The Balaban J connectivity index is 2.35. The average Bonchev–Trinajstić information content (AvgIpc) is 2.48. The van der Waals surface area contributed by atoms with Crippen molar-refractivity contribution in [3.63, 3.8) is 0 Å². The maximum Gasteiger partial charge on any atom is 0.174 e. The highest BCUT2D eigenvalue weighted by atomic mass is 16.5. The van der Waals surface area contributed by atoms with E-state index in [4.69, 9.17) is 10.00 Å². The third kappa shape index (κ3) is 6.58. The molecule has 0 radical (unpaired) electrons. The van der Waals surface area contributed by atoms with E-state index >= 15 is 0 Å². The van der Waals surface area contributed by atoms with E-state index in [0.717, 1.165) is 17.9 Å². The van der Waals surface area contributed by atoms with E-state index in [1.807, 2.05) is 30.3 Å². The van der Waals surface area contributed by atoms with Crippen LogP contribution in [0.1, 0.15) is 51.5 Å². The number of benzene rings is 1. The summed E-state index contributed by atoms with van der Waals surface area (Å²) in [7, 11) is 0. The Morgan fingerprint density at radius 2 is 2.05 bits per heavy atom. The third-order valence-corrected chi connectivity index (χ3v) is 3.40. The van der Waals surface area contributed by atoms with Gasteiger partial charge in [0.15, 0.2) is 6.61 Å². The van der Waals surface area contributed by atoms with Gasteiger partial charge in [0.2, 0.25) is 0 Å². The molecule has 0 amide bonds. The molecule has 0 heterocycles. The molecule has 1 atom stereocenters. The molecule has 1 rings (SSSR count). The topological polar surface area (TPSA) is 45.0 Å². The van der Waals surface area contributed by atoms with Gasteiger partial charge in [0, 0.05) is 18.2 Å². The molecule has 20 heavy (non-hydrogen) atoms. The molecular weight excluding hydrogens is 248 g/mol. The number of nitrogens with one attached hydrogen (secondary N) is 1. The van der Waals surface area contributed by atoms with Gasteiger partial charge in [-0.15, -0.1) is 0 Å². The van der Waals surface area contributed by atoms with Crippen molar-refractivity contribution in [1.82, 2.24) is 5.32 Å². The molecule has 0 saturated carbocycles. The first kappa shape index (κ1) is 16.5. The van der Waals surface area contributed by atoms with E-state index in [-0.39, 0.29) is 6.61 Å². The van der Waals surface area contributed by atoms with Gasteiger partial charge in [-0.2, -0.15) is 5.26 Å². The minimum atomic E-state index is 0.101. The Labute approximate surface area is 123 Å². The molecule has 1 unspecified atom stereocenters. The Hall–Kier alpha value is -1.53. The molecule has 0 aromatic heterocycles. The lowest BCUT2D eigenvalue weighted by Gasteiger charge is -2.15. The van der Waals surface area contributed by atoms with Gasteiger partial charge in [-0.3, -0.25) is 0 Å². The lowest BCUT2D eigenvalue weighted by atomic mass is 10.1. The van der Waals surface area contributed by atoms with Gasteiger partial charge >= 0.3 is 0 Å². The third-order valence-electron chi connectivity index (χ3n) is 3.40. The SMILES string of the molecule is CCCCCCC(C)NCc1ccccc1OCC#N. The normalized spacial score (nSPS) is 11.8. The van der Waals surface area contributed by atoms with Crippen molar-refractivity contribution in [3.8, 4) is 11.8 Å². The zero-order valence-corrected chi connectivity index (χ0v) is 12.7. The van der Waals surface area contributed by atoms with E-state index < -0.39 is 0 Å². The van der Waals surface area contributed by atoms with Crippen molar-refractivity contribution < 1.29 is 4.74 Å². The van der Waals surface area contributed by atoms with Gasteiger partial charge in [0.25, 0.3) is 0 Å². The number of hydrogen-bond acceptors (Lipinski definition) is 3. The van der Waals surface area contributed by atoms with Crippen molar-refractivity contribution in [2.45, 2.75) is 58.5 Å². The second-order valence-electron chi connectivity index (χ2n) is 5.19. The summed E-state index contributed by atoms with van der Waals surface area (Å²) in [5.41, 5.74) is 1.11. The van der Waals surface area contributed by atoms with Crippen LogP contribution in [0.15, 0.2) is 24.3 Å². The number of hydrogen-bond donors (Lipinski definition) is 1. The molecule has 0 aliphatic carbocycles. The van der Waals surface area contributed by atoms with Crippen LogP contribution in [0, 0.1) is 11.3 Å². The Morgan fingerprint density at radius 1 is 1.25 bits per heavy atom. The van der Waals surface area contributed by atoms with Gasteiger partial charge in [0.1, 0.15) is 11.8 Å². The van der Waals surface area contributed by atoms with Crippen LogP contribution in [0.5, 0.6) is 5.75 Å². The summed E-state index contributed by atoms with van der Waals surface area (Å²) >= 11 is 0. The quantitative estimate of drug-likeness (QED) is 0.655. The zero-order valence-electron chi connectivity index (χ0n) is 12.7. The summed E-state index contributed by atoms with van der Waals surface area (Å²) in [5, 5.41) is 12.1. The van der Waals surface area contributed by atoms with Gasteiger partial charge in [0.05, 0.1) is 0 Å². The van der Waals surface area contributed by atoms with Crippen molar-refractivity contribution in [2.75, 3.05) is 6.61 Å². The molecule has 1 aromatic rings. The lowest BCUT2D eigenvalue weighted by Crippen LogP contribution is -2.25. The Morgan fingerprint density at radius 3 is 2.80 bits per heavy atom. The van der Waals surface area contributed by atoms with Crippen molar-refractivity contribution in [3.05, 3.63) is 29.8 Å². The van der Waals surface area contributed by atoms with Crippen LogP contribution in [0.25, 0.3) is 0 Å². The van der Waals surface area contributed by atoms with Gasteiger partial charge in [-0.25, -0.2) is 0 Å². The Bertz CT molecular complexity index is 412. The van der Waals surface area contributed by atoms with E-state index in [9.17, 15) is 0 Å². The highest BCUT2D eigenvalue weighted by Gasteiger charge is 2.05.